The van der Waals surface area contributed by atoms with Crippen molar-refractivity contribution in [1.82, 2.24) is 0 Å². The Balaban J connectivity index is 1.62. The number of rotatable bonds is 5. The second kappa shape index (κ2) is 7.42. The Morgan fingerprint density at radius 3 is 2.52 bits per heavy atom. The normalized spacial score (nSPS) is 13.3. The molecule has 0 N–H and O–H groups in total. The lowest BCUT2D eigenvalue weighted by molar-refractivity contribution is -0.120. The molecule has 0 atom stereocenters. The van der Waals surface area contributed by atoms with E-state index in [9.17, 15) is 4.79 Å². The Morgan fingerprint density at radius 1 is 1.09 bits per heavy atom. The molecule has 0 unspecified atom stereocenters. The van der Waals surface area contributed by atoms with Gasteiger partial charge in [-0.3, -0.25) is 4.79 Å². The van der Waals surface area contributed by atoms with Crippen LogP contribution in [0.15, 0.2) is 53.4 Å². The van der Waals surface area contributed by atoms with Gasteiger partial charge in [-0.15, -0.1) is 11.8 Å². The minimum Gasteiger partial charge on any atom is -0.494 e. The summed E-state index contributed by atoms with van der Waals surface area (Å²) in [5, 5.41) is 0. The molecule has 0 radical (unpaired) electrons. The molecule has 2 aromatic carbocycles. The molecule has 120 valence electrons. The highest BCUT2D eigenvalue weighted by atomic mass is 32.2. The van der Waals surface area contributed by atoms with Crippen molar-refractivity contribution in [2.24, 2.45) is 0 Å². The van der Waals surface area contributed by atoms with Crippen LogP contribution in [-0.2, 0) is 4.79 Å². The molecule has 1 heterocycles. The lowest BCUT2D eigenvalue weighted by Gasteiger charge is -2.28. The van der Waals surface area contributed by atoms with E-state index in [0.29, 0.717) is 18.9 Å². The van der Waals surface area contributed by atoms with Crippen LogP contribution in [0.3, 0.4) is 0 Å². The third kappa shape index (κ3) is 3.79. The van der Waals surface area contributed by atoms with E-state index < -0.39 is 0 Å². The molecular formula is C18H19NO3S. The number of amides is 1. The summed E-state index contributed by atoms with van der Waals surface area (Å²) in [5.74, 6) is 2.35. The highest BCUT2D eigenvalue weighted by Gasteiger charge is 2.22. The van der Waals surface area contributed by atoms with Gasteiger partial charge in [-0.1, -0.05) is 12.1 Å². The topological polar surface area (TPSA) is 38.8 Å². The fraction of sp³-hybridized carbons (Fsp3) is 0.278. The Bertz CT molecular complexity index is 672. The standard InChI is InChI=1S/C18H19NO3S/c1-2-21-14-7-9-15(10-8-14)22-13-18(20)19-11-12-23-17-6-4-3-5-16(17)19/h3-10H,2,11-13H2,1H3. The van der Waals surface area contributed by atoms with Crippen LogP contribution in [0.2, 0.25) is 0 Å². The summed E-state index contributed by atoms with van der Waals surface area (Å²) in [5.41, 5.74) is 0.976. The van der Waals surface area contributed by atoms with Crippen molar-refractivity contribution < 1.29 is 14.3 Å². The Kier molecular flexibility index (Phi) is 5.08. The maximum absolute atomic E-state index is 12.5. The monoisotopic (exact) mass is 329 g/mol. The van der Waals surface area contributed by atoms with Crippen molar-refractivity contribution in [3.8, 4) is 11.5 Å². The predicted molar refractivity (Wildman–Crippen MR) is 92.6 cm³/mol. The third-order valence-electron chi connectivity index (χ3n) is 3.53. The number of hydrogen-bond donors (Lipinski definition) is 0. The van der Waals surface area contributed by atoms with Gasteiger partial charge in [-0.2, -0.15) is 0 Å². The lowest BCUT2D eigenvalue weighted by Crippen LogP contribution is -2.38. The molecule has 1 aliphatic heterocycles. The molecule has 0 aliphatic carbocycles. The first-order valence-electron chi connectivity index (χ1n) is 7.66. The number of fused-ring (bicyclic) bond motifs is 1. The summed E-state index contributed by atoms with van der Waals surface area (Å²) in [6, 6.07) is 15.3. The Hall–Kier alpha value is -2.14. The molecule has 0 aromatic heterocycles. The summed E-state index contributed by atoms with van der Waals surface area (Å²) in [6.07, 6.45) is 0. The summed E-state index contributed by atoms with van der Waals surface area (Å²) in [6.45, 7) is 3.32. The minimum atomic E-state index is -0.0216. The third-order valence-corrected chi connectivity index (χ3v) is 4.57. The van der Waals surface area contributed by atoms with E-state index in [1.165, 1.54) is 0 Å². The summed E-state index contributed by atoms with van der Waals surface area (Å²) in [4.78, 5) is 15.4. The smallest absolute Gasteiger partial charge is 0.264 e. The van der Waals surface area contributed by atoms with Crippen molar-refractivity contribution in [1.29, 1.82) is 0 Å². The minimum absolute atomic E-state index is 0.0216. The average Bonchev–Trinajstić information content (AvgIpc) is 2.60. The van der Waals surface area contributed by atoms with Crippen LogP contribution in [-0.4, -0.2) is 31.4 Å². The quantitative estimate of drug-likeness (QED) is 0.840. The number of benzene rings is 2. The number of thioether (sulfide) groups is 1. The maximum atomic E-state index is 12.5. The molecule has 5 heteroatoms. The van der Waals surface area contributed by atoms with Crippen LogP contribution in [0.25, 0.3) is 0 Å². The van der Waals surface area contributed by atoms with Crippen LogP contribution in [0.1, 0.15) is 6.92 Å². The highest BCUT2D eigenvalue weighted by molar-refractivity contribution is 7.99. The molecule has 3 rings (SSSR count). The average molecular weight is 329 g/mol. The summed E-state index contributed by atoms with van der Waals surface area (Å²) >= 11 is 1.78. The number of anilines is 1. The molecule has 0 saturated carbocycles. The SMILES string of the molecule is CCOc1ccc(OCC(=O)N2CCSc3ccccc32)cc1. The second-order valence-corrected chi connectivity index (χ2v) is 6.19. The zero-order valence-electron chi connectivity index (χ0n) is 13.0. The van der Waals surface area contributed by atoms with Gasteiger partial charge in [0.2, 0.25) is 0 Å². The van der Waals surface area contributed by atoms with Crippen LogP contribution in [0, 0.1) is 0 Å². The van der Waals surface area contributed by atoms with Crippen molar-refractivity contribution >= 4 is 23.4 Å². The fourth-order valence-electron chi connectivity index (χ4n) is 2.45. The van der Waals surface area contributed by atoms with Gasteiger partial charge in [-0.25, -0.2) is 0 Å². The molecule has 0 bridgehead atoms. The molecular weight excluding hydrogens is 310 g/mol. The van der Waals surface area contributed by atoms with E-state index in [0.717, 1.165) is 22.1 Å². The molecule has 1 aliphatic rings. The lowest BCUT2D eigenvalue weighted by atomic mass is 10.2. The largest absolute Gasteiger partial charge is 0.494 e. The van der Waals surface area contributed by atoms with Gasteiger partial charge >= 0.3 is 0 Å². The van der Waals surface area contributed by atoms with E-state index in [1.807, 2.05) is 55.5 Å². The van der Waals surface area contributed by atoms with E-state index in [1.54, 1.807) is 16.7 Å². The van der Waals surface area contributed by atoms with Crippen LogP contribution < -0.4 is 14.4 Å². The van der Waals surface area contributed by atoms with Crippen LogP contribution in [0.5, 0.6) is 11.5 Å². The van der Waals surface area contributed by atoms with E-state index >= 15 is 0 Å². The van der Waals surface area contributed by atoms with Crippen LogP contribution in [0.4, 0.5) is 5.69 Å². The molecule has 2 aromatic rings. The fourth-order valence-corrected chi connectivity index (χ4v) is 3.45. The van der Waals surface area contributed by atoms with Gasteiger partial charge < -0.3 is 14.4 Å². The number of nitrogens with zero attached hydrogens (tertiary/aromatic N) is 1. The van der Waals surface area contributed by atoms with E-state index in [-0.39, 0.29) is 12.5 Å². The number of ether oxygens (including phenoxy) is 2. The van der Waals surface area contributed by atoms with E-state index in [4.69, 9.17) is 9.47 Å². The van der Waals surface area contributed by atoms with Gasteiger partial charge in [0.1, 0.15) is 11.5 Å². The first-order chi connectivity index (χ1) is 11.3. The molecule has 4 nitrogen and oxygen atoms in total. The van der Waals surface area contributed by atoms with Gasteiger partial charge in [0, 0.05) is 17.2 Å². The van der Waals surface area contributed by atoms with Crippen molar-refractivity contribution in [2.45, 2.75) is 11.8 Å². The van der Waals surface area contributed by atoms with Gasteiger partial charge in [0.05, 0.1) is 12.3 Å². The molecule has 23 heavy (non-hydrogen) atoms. The maximum Gasteiger partial charge on any atom is 0.264 e. The van der Waals surface area contributed by atoms with Crippen molar-refractivity contribution in [2.75, 3.05) is 30.4 Å². The molecule has 0 spiro atoms. The number of carbonyl (C=O) groups is 1. The van der Waals surface area contributed by atoms with Gasteiger partial charge in [-0.05, 0) is 43.3 Å². The number of carbonyl (C=O) groups excluding carboxylic acids is 1. The Labute approximate surface area is 140 Å². The number of para-hydroxylation sites is 1. The molecule has 0 fully saturated rings. The van der Waals surface area contributed by atoms with Crippen molar-refractivity contribution in [3.05, 3.63) is 48.5 Å². The zero-order chi connectivity index (χ0) is 16.1. The highest BCUT2D eigenvalue weighted by Crippen LogP contribution is 2.34. The first-order valence-corrected chi connectivity index (χ1v) is 8.64. The zero-order valence-corrected chi connectivity index (χ0v) is 13.8. The molecule has 0 saturated heterocycles. The molecule has 1 amide bonds. The van der Waals surface area contributed by atoms with Crippen LogP contribution >= 0.6 is 11.8 Å². The van der Waals surface area contributed by atoms with Gasteiger partial charge in [0.25, 0.3) is 5.91 Å². The van der Waals surface area contributed by atoms with Gasteiger partial charge in [0.15, 0.2) is 6.61 Å². The summed E-state index contributed by atoms with van der Waals surface area (Å²) in [7, 11) is 0. The van der Waals surface area contributed by atoms with E-state index in [2.05, 4.69) is 0 Å². The summed E-state index contributed by atoms with van der Waals surface area (Å²) < 4.78 is 11.0. The predicted octanol–water partition coefficient (Wildman–Crippen LogP) is 3.60. The first kappa shape index (κ1) is 15.7. The Morgan fingerprint density at radius 2 is 1.78 bits per heavy atom. The second-order valence-electron chi connectivity index (χ2n) is 5.05. The number of hydrogen-bond acceptors (Lipinski definition) is 4. The van der Waals surface area contributed by atoms with Crippen molar-refractivity contribution in [3.63, 3.8) is 0 Å².